The molecule has 0 unspecified atom stereocenters. The van der Waals surface area contributed by atoms with Gasteiger partial charge in [-0.15, -0.1) is 6.58 Å². The first-order valence-corrected chi connectivity index (χ1v) is 12.2. The topological polar surface area (TPSA) is 89.5 Å². The summed E-state index contributed by atoms with van der Waals surface area (Å²) in [6.45, 7) is 3.98. The molecule has 1 fully saturated rings. The number of carbonyl (C=O) groups excluding carboxylic acids is 2. The summed E-state index contributed by atoms with van der Waals surface area (Å²) in [5.74, 6) is -0.426. The second-order valence-electron chi connectivity index (χ2n) is 8.49. The quantitative estimate of drug-likeness (QED) is 0.269. The maximum atomic E-state index is 13.0. The first-order chi connectivity index (χ1) is 18.6. The van der Waals surface area contributed by atoms with Crippen molar-refractivity contribution in [2.75, 3.05) is 20.3 Å². The van der Waals surface area contributed by atoms with Crippen molar-refractivity contribution >= 4 is 11.9 Å². The minimum Gasteiger partial charge on any atom is -0.497 e. The Bertz CT molecular complexity index is 1180. The van der Waals surface area contributed by atoms with Crippen LogP contribution in [0.4, 0.5) is 0 Å². The van der Waals surface area contributed by atoms with Gasteiger partial charge in [0.1, 0.15) is 11.9 Å². The third-order valence-corrected chi connectivity index (χ3v) is 5.88. The van der Waals surface area contributed by atoms with E-state index in [0.717, 1.165) is 11.3 Å². The molecule has 8 nitrogen and oxygen atoms in total. The fourth-order valence-corrected chi connectivity index (χ4v) is 3.93. The van der Waals surface area contributed by atoms with Crippen molar-refractivity contribution in [3.05, 3.63) is 114 Å². The number of hydrogen-bond donors (Lipinski definition) is 0. The molecule has 0 saturated carbocycles. The summed E-state index contributed by atoms with van der Waals surface area (Å²) in [4.78, 5) is 25.9. The van der Waals surface area contributed by atoms with E-state index in [0.29, 0.717) is 11.1 Å². The highest BCUT2D eigenvalue weighted by atomic mass is 16.7. The Morgan fingerprint density at radius 1 is 0.842 bits per heavy atom. The monoisotopic (exact) mass is 518 g/mol. The van der Waals surface area contributed by atoms with Crippen LogP contribution in [0.25, 0.3) is 0 Å². The van der Waals surface area contributed by atoms with Crippen molar-refractivity contribution in [2.45, 2.75) is 31.2 Å². The highest BCUT2D eigenvalue weighted by Gasteiger charge is 2.46. The zero-order valence-corrected chi connectivity index (χ0v) is 21.1. The zero-order chi connectivity index (χ0) is 26.7. The summed E-state index contributed by atoms with van der Waals surface area (Å²) in [7, 11) is 1.60. The lowest BCUT2D eigenvalue weighted by molar-refractivity contribution is -0.281. The van der Waals surface area contributed by atoms with Crippen LogP contribution in [0, 0.1) is 0 Å². The average molecular weight is 519 g/mol. The van der Waals surface area contributed by atoms with Crippen molar-refractivity contribution in [3.63, 3.8) is 0 Å². The van der Waals surface area contributed by atoms with E-state index in [4.69, 9.17) is 28.4 Å². The number of hydrogen-bond acceptors (Lipinski definition) is 8. The second kappa shape index (κ2) is 13.5. The first kappa shape index (κ1) is 27.1. The third kappa shape index (κ3) is 7.07. The molecular formula is C30H30O8. The number of rotatable bonds is 11. The van der Waals surface area contributed by atoms with Gasteiger partial charge in [0.25, 0.3) is 0 Å². The molecule has 0 amide bonds. The summed E-state index contributed by atoms with van der Waals surface area (Å²) in [5, 5.41) is 0. The van der Waals surface area contributed by atoms with Crippen LogP contribution in [0.3, 0.4) is 0 Å². The molecule has 1 saturated heterocycles. The smallest absolute Gasteiger partial charge is 0.338 e. The highest BCUT2D eigenvalue weighted by molar-refractivity contribution is 5.90. The molecule has 4 rings (SSSR count). The lowest BCUT2D eigenvalue weighted by Gasteiger charge is -2.40. The molecule has 0 spiro atoms. The summed E-state index contributed by atoms with van der Waals surface area (Å²) < 4.78 is 34.8. The molecule has 1 aliphatic rings. The van der Waals surface area contributed by atoms with Crippen LogP contribution in [-0.2, 0) is 30.3 Å². The van der Waals surface area contributed by atoms with Gasteiger partial charge in [0.15, 0.2) is 18.5 Å². The second-order valence-corrected chi connectivity index (χ2v) is 8.49. The zero-order valence-electron chi connectivity index (χ0n) is 21.1. The fraction of sp³-hybridized carbons (Fsp3) is 0.267. The number of esters is 2. The van der Waals surface area contributed by atoms with Gasteiger partial charge in [-0.2, -0.15) is 0 Å². The molecule has 1 aliphatic heterocycles. The standard InChI is InChI=1S/C30H30O8/c1-3-18-34-27-26(38-29(32)23-12-8-5-9-13-23)25(37-28(31)22-10-6-4-7-11-22)20-36-30(27)35-19-21-14-16-24(33-2)17-15-21/h3-17,25-27,30H,1,18-20H2,2H3/t25-,26-,27+,30+/m0/s1. The van der Waals surface area contributed by atoms with E-state index in [1.807, 2.05) is 24.3 Å². The van der Waals surface area contributed by atoms with E-state index < -0.39 is 36.5 Å². The molecule has 0 aromatic heterocycles. The van der Waals surface area contributed by atoms with E-state index in [9.17, 15) is 9.59 Å². The van der Waals surface area contributed by atoms with Gasteiger partial charge in [0.05, 0.1) is 38.1 Å². The van der Waals surface area contributed by atoms with E-state index in [-0.39, 0.29) is 19.8 Å². The van der Waals surface area contributed by atoms with Crippen molar-refractivity contribution < 1.29 is 38.0 Å². The van der Waals surface area contributed by atoms with Crippen molar-refractivity contribution in [1.29, 1.82) is 0 Å². The highest BCUT2D eigenvalue weighted by Crippen LogP contribution is 2.27. The lowest BCUT2D eigenvalue weighted by Crippen LogP contribution is -2.57. The Morgan fingerprint density at radius 3 is 2.03 bits per heavy atom. The van der Waals surface area contributed by atoms with Crippen LogP contribution in [0.15, 0.2) is 97.6 Å². The molecule has 0 aliphatic carbocycles. The van der Waals surface area contributed by atoms with Crippen molar-refractivity contribution in [2.24, 2.45) is 0 Å². The van der Waals surface area contributed by atoms with Crippen LogP contribution in [0.1, 0.15) is 26.3 Å². The Hall–Kier alpha value is -3.98. The van der Waals surface area contributed by atoms with Crippen molar-refractivity contribution in [3.8, 4) is 5.75 Å². The van der Waals surface area contributed by atoms with E-state index in [1.54, 1.807) is 73.8 Å². The Morgan fingerprint density at radius 2 is 1.45 bits per heavy atom. The molecule has 38 heavy (non-hydrogen) atoms. The Balaban J connectivity index is 1.55. The van der Waals surface area contributed by atoms with Crippen LogP contribution in [-0.4, -0.2) is 56.9 Å². The van der Waals surface area contributed by atoms with Crippen LogP contribution < -0.4 is 4.74 Å². The number of carbonyl (C=O) groups is 2. The minimum absolute atomic E-state index is 0.0630. The number of ether oxygens (including phenoxy) is 6. The van der Waals surface area contributed by atoms with Gasteiger partial charge in [-0.25, -0.2) is 9.59 Å². The number of methoxy groups -OCH3 is 1. The molecular weight excluding hydrogens is 488 g/mol. The van der Waals surface area contributed by atoms with Crippen molar-refractivity contribution in [1.82, 2.24) is 0 Å². The van der Waals surface area contributed by atoms with E-state index in [1.165, 1.54) is 0 Å². The molecule has 3 aromatic rings. The van der Waals surface area contributed by atoms with Gasteiger partial charge in [-0.1, -0.05) is 54.6 Å². The normalized spacial score (nSPS) is 20.8. The Kier molecular flexibility index (Phi) is 9.64. The molecule has 4 atom stereocenters. The SMILES string of the molecule is C=CCO[C@H]1[C@H](OCc2ccc(OC)cc2)OC[C@H](OC(=O)c2ccccc2)[C@@H]1OC(=O)c1ccccc1. The van der Waals surface area contributed by atoms with Crippen LogP contribution in [0.2, 0.25) is 0 Å². The molecule has 8 heteroatoms. The summed E-state index contributed by atoms with van der Waals surface area (Å²) in [5.41, 5.74) is 1.60. The minimum atomic E-state index is -1.01. The molecule has 0 bridgehead atoms. The average Bonchev–Trinajstić information content (AvgIpc) is 2.97. The Labute approximate surface area is 221 Å². The van der Waals surface area contributed by atoms with Crippen LogP contribution in [0.5, 0.6) is 5.75 Å². The molecule has 0 N–H and O–H groups in total. The maximum Gasteiger partial charge on any atom is 0.338 e. The van der Waals surface area contributed by atoms with Gasteiger partial charge in [0, 0.05) is 0 Å². The van der Waals surface area contributed by atoms with Crippen LogP contribution >= 0.6 is 0 Å². The molecule has 3 aromatic carbocycles. The fourth-order valence-electron chi connectivity index (χ4n) is 3.93. The maximum absolute atomic E-state index is 13.0. The largest absolute Gasteiger partial charge is 0.497 e. The van der Waals surface area contributed by atoms with E-state index in [2.05, 4.69) is 6.58 Å². The first-order valence-electron chi connectivity index (χ1n) is 12.2. The molecule has 198 valence electrons. The summed E-state index contributed by atoms with van der Waals surface area (Å²) >= 11 is 0. The molecule has 1 heterocycles. The predicted molar refractivity (Wildman–Crippen MR) is 139 cm³/mol. The van der Waals surface area contributed by atoms with Gasteiger partial charge in [-0.05, 0) is 42.0 Å². The van der Waals surface area contributed by atoms with Gasteiger partial charge >= 0.3 is 11.9 Å². The third-order valence-electron chi connectivity index (χ3n) is 5.88. The van der Waals surface area contributed by atoms with Gasteiger partial charge < -0.3 is 28.4 Å². The summed E-state index contributed by atoms with van der Waals surface area (Å²) in [6.07, 6.45) is -2.19. The molecule has 0 radical (unpaired) electrons. The summed E-state index contributed by atoms with van der Waals surface area (Å²) in [6, 6.07) is 24.5. The van der Waals surface area contributed by atoms with E-state index >= 15 is 0 Å². The van der Waals surface area contributed by atoms with Gasteiger partial charge in [0.2, 0.25) is 0 Å². The number of benzene rings is 3. The predicted octanol–water partition coefficient (Wildman–Crippen LogP) is 4.59. The van der Waals surface area contributed by atoms with Gasteiger partial charge in [-0.3, -0.25) is 0 Å². The lowest BCUT2D eigenvalue weighted by atomic mass is 10.0.